The number of methoxy groups -OCH3 is 1. The quantitative estimate of drug-likeness (QED) is 0.408. The molecule has 33 heavy (non-hydrogen) atoms. The molecule has 1 saturated heterocycles. The lowest BCUT2D eigenvalue weighted by molar-refractivity contribution is -0.152. The molecule has 1 aromatic carbocycles. The van der Waals surface area contributed by atoms with Gasteiger partial charge in [-0.1, -0.05) is 11.6 Å². The van der Waals surface area contributed by atoms with Crippen LogP contribution >= 0.6 is 22.9 Å². The highest BCUT2D eigenvalue weighted by molar-refractivity contribution is 7.09. The molecule has 8 heteroatoms. The van der Waals surface area contributed by atoms with Gasteiger partial charge in [-0.05, 0) is 81.9 Å². The van der Waals surface area contributed by atoms with E-state index >= 15 is 0 Å². The number of fused-ring (bicyclic) bond motifs is 1. The molecule has 1 aliphatic rings. The van der Waals surface area contributed by atoms with E-state index in [4.69, 9.17) is 16.3 Å². The van der Waals surface area contributed by atoms with Crippen molar-refractivity contribution in [3.63, 3.8) is 0 Å². The lowest BCUT2D eigenvalue weighted by Gasteiger charge is -2.39. The molecular weight excluding hydrogens is 458 g/mol. The van der Waals surface area contributed by atoms with Crippen LogP contribution in [0.5, 0.6) is 5.75 Å². The van der Waals surface area contributed by atoms with Crippen molar-refractivity contribution in [2.24, 2.45) is 5.41 Å². The number of carboxylic acid groups (broad SMARTS) is 1. The molecule has 3 aromatic rings. The van der Waals surface area contributed by atoms with Crippen molar-refractivity contribution in [1.29, 1.82) is 0 Å². The second kappa shape index (κ2) is 10.8. The van der Waals surface area contributed by atoms with Gasteiger partial charge < -0.3 is 14.7 Å². The van der Waals surface area contributed by atoms with Gasteiger partial charge in [0.25, 0.3) is 0 Å². The van der Waals surface area contributed by atoms with E-state index in [0.29, 0.717) is 24.3 Å². The fraction of sp³-hybridized carbons (Fsp3) is 0.480. The van der Waals surface area contributed by atoms with Crippen LogP contribution in [-0.2, 0) is 17.6 Å². The molecule has 0 unspecified atom stereocenters. The molecule has 1 N–H and O–H groups in total. The maximum Gasteiger partial charge on any atom is 0.309 e. The normalized spacial score (nSPS) is 16.2. The summed E-state index contributed by atoms with van der Waals surface area (Å²) in [6.07, 6.45) is 9.11. The number of aliphatic carboxylic acids is 1. The summed E-state index contributed by atoms with van der Waals surface area (Å²) in [5, 5.41) is 14.9. The van der Waals surface area contributed by atoms with Crippen LogP contribution in [0.2, 0.25) is 5.02 Å². The Labute approximate surface area is 203 Å². The Kier molecular flexibility index (Phi) is 7.83. The molecule has 0 bridgehead atoms. The number of carbonyl (C=O) groups is 1. The Balaban J connectivity index is 1.35. The van der Waals surface area contributed by atoms with Gasteiger partial charge in [0, 0.05) is 29.6 Å². The Bertz CT molecular complexity index is 1080. The van der Waals surface area contributed by atoms with Crippen molar-refractivity contribution in [1.82, 2.24) is 14.9 Å². The summed E-state index contributed by atoms with van der Waals surface area (Å²) >= 11 is 8.19. The summed E-state index contributed by atoms with van der Waals surface area (Å²) in [7, 11) is 1.64. The van der Waals surface area contributed by atoms with Crippen molar-refractivity contribution in [3.05, 3.63) is 51.6 Å². The van der Waals surface area contributed by atoms with Crippen LogP contribution in [-0.4, -0.2) is 52.7 Å². The summed E-state index contributed by atoms with van der Waals surface area (Å²) in [5.41, 5.74) is 1.23. The van der Waals surface area contributed by atoms with Gasteiger partial charge in [-0.25, -0.2) is 4.98 Å². The first-order valence-electron chi connectivity index (χ1n) is 11.5. The number of hydrogen-bond acceptors (Lipinski definition) is 6. The first-order chi connectivity index (χ1) is 16.0. The fourth-order valence-corrected chi connectivity index (χ4v) is 5.70. The maximum absolute atomic E-state index is 12.3. The molecule has 0 atom stereocenters. The lowest BCUT2D eigenvalue weighted by Crippen LogP contribution is -2.44. The van der Waals surface area contributed by atoms with Crippen LogP contribution < -0.4 is 4.74 Å². The molecule has 6 nitrogen and oxygen atoms in total. The van der Waals surface area contributed by atoms with Gasteiger partial charge in [-0.2, -0.15) is 0 Å². The topological polar surface area (TPSA) is 75.6 Å². The number of rotatable bonds is 10. The zero-order valence-electron chi connectivity index (χ0n) is 18.9. The van der Waals surface area contributed by atoms with E-state index in [1.807, 2.05) is 29.8 Å². The monoisotopic (exact) mass is 487 g/mol. The summed E-state index contributed by atoms with van der Waals surface area (Å²) in [4.78, 5) is 23.4. The standard InChI is InChI=1S/C25H30ClN3O3S/c1-32-18-6-7-22-20(16-18)19(21(26)17-28-22)4-2-8-25(24(30)31)9-13-29(14-10-25)12-3-5-23-27-11-15-33-23/h6-7,11,15-17H,2-5,8-10,12-14H2,1H3,(H,30,31). The first-order valence-corrected chi connectivity index (χ1v) is 12.7. The average molecular weight is 488 g/mol. The number of aryl methyl sites for hydroxylation is 2. The second-order valence-electron chi connectivity index (χ2n) is 8.78. The van der Waals surface area contributed by atoms with Gasteiger partial charge in [0.05, 0.1) is 28.1 Å². The van der Waals surface area contributed by atoms with Crippen LogP contribution in [0.25, 0.3) is 10.9 Å². The van der Waals surface area contributed by atoms with E-state index in [1.54, 1.807) is 24.6 Å². The number of hydrogen-bond donors (Lipinski definition) is 1. The minimum absolute atomic E-state index is 0.621. The number of piperidine rings is 1. The van der Waals surface area contributed by atoms with Crippen molar-refractivity contribution in [2.45, 2.75) is 44.9 Å². The van der Waals surface area contributed by atoms with Crippen LogP contribution in [0.1, 0.15) is 42.7 Å². The summed E-state index contributed by atoms with van der Waals surface area (Å²) in [6, 6.07) is 5.77. The van der Waals surface area contributed by atoms with Crippen molar-refractivity contribution in [3.8, 4) is 5.75 Å². The zero-order valence-corrected chi connectivity index (χ0v) is 20.5. The minimum atomic E-state index is -0.669. The maximum atomic E-state index is 12.3. The van der Waals surface area contributed by atoms with Gasteiger partial charge in [0.15, 0.2) is 0 Å². The zero-order chi connectivity index (χ0) is 23.3. The smallest absolute Gasteiger partial charge is 0.309 e. The van der Waals surface area contributed by atoms with Crippen molar-refractivity contribution >= 4 is 39.8 Å². The predicted octanol–water partition coefficient (Wildman–Crippen LogP) is 5.48. The third kappa shape index (κ3) is 5.65. The molecule has 1 fully saturated rings. The van der Waals surface area contributed by atoms with E-state index in [1.165, 1.54) is 5.01 Å². The molecule has 3 heterocycles. The molecule has 2 aromatic heterocycles. The Hall–Kier alpha value is -2.22. The van der Waals surface area contributed by atoms with E-state index in [0.717, 1.165) is 67.5 Å². The predicted molar refractivity (Wildman–Crippen MR) is 132 cm³/mol. The van der Waals surface area contributed by atoms with Crippen LogP contribution in [0.4, 0.5) is 0 Å². The Morgan fingerprint density at radius 1 is 1.24 bits per heavy atom. The van der Waals surface area contributed by atoms with Crippen molar-refractivity contribution in [2.75, 3.05) is 26.7 Å². The number of likely N-dealkylation sites (tertiary alicyclic amines) is 1. The van der Waals surface area contributed by atoms with Gasteiger partial charge in [-0.15, -0.1) is 11.3 Å². The third-order valence-electron chi connectivity index (χ3n) is 6.83. The molecule has 0 saturated carbocycles. The summed E-state index contributed by atoms with van der Waals surface area (Å²) < 4.78 is 5.37. The van der Waals surface area contributed by atoms with Gasteiger partial charge in [-0.3, -0.25) is 9.78 Å². The number of nitrogens with zero attached hydrogens (tertiary/aromatic N) is 3. The third-order valence-corrected chi connectivity index (χ3v) is 8.00. The number of aromatic nitrogens is 2. The van der Waals surface area contributed by atoms with Gasteiger partial charge in [0.2, 0.25) is 0 Å². The number of thiazole rings is 1. The highest BCUT2D eigenvalue weighted by Gasteiger charge is 2.40. The van der Waals surface area contributed by atoms with E-state index in [-0.39, 0.29) is 0 Å². The highest BCUT2D eigenvalue weighted by Crippen LogP contribution is 2.38. The number of benzene rings is 1. The molecule has 176 valence electrons. The molecular formula is C25H30ClN3O3S. The average Bonchev–Trinajstić information content (AvgIpc) is 3.34. The Morgan fingerprint density at radius 3 is 2.76 bits per heavy atom. The largest absolute Gasteiger partial charge is 0.497 e. The number of halogens is 1. The van der Waals surface area contributed by atoms with E-state index in [9.17, 15) is 9.90 Å². The number of carboxylic acids is 1. The molecule has 0 aliphatic carbocycles. The molecule has 4 rings (SSSR count). The number of ether oxygens (including phenoxy) is 1. The van der Waals surface area contributed by atoms with Gasteiger partial charge in [0.1, 0.15) is 5.75 Å². The summed E-state index contributed by atoms with van der Waals surface area (Å²) in [5.74, 6) is 0.0920. The van der Waals surface area contributed by atoms with Crippen LogP contribution in [0.15, 0.2) is 36.0 Å². The lowest BCUT2D eigenvalue weighted by atomic mass is 9.74. The van der Waals surface area contributed by atoms with Gasteiger partial charge >= 0.3 is 5.97 Å². The minimum Gasteiger partial charge on any atom is -0.497 e. The van der Waals surface area contributed by atoms with Crippen LogP contribution in [0.3, 0.4) is 0 Å². The van der Waals surface area contributed by atoms with E-state index in [2.05, 4.69) is 14.9 Å². The summed E-state index contributed by atoms with van der Waals surface area (Å²) in [6.45, 7) is 2.66. The second-order valence-corrected chi connectivity index (χ2v) is 10.2. The SMILES string of the molecule is COc1ccc2ncc(Cl)c(CCCC3(C(=O)O)CCN(CCCc4nccs4)CC3)c2c1. The fourth-order valence-electron chi connectivity index (χ4n) is 4.79. The van der Waals surface area contributed by atoms with Crippen molar-refractivity contribution < 1.29 is 14.6 Å². The van der Waals surface area contributed by atoms with E-state index < -0.39 is 11.4 Å². The molecule has 0 spiro atoms. The first kappa shape index (κ1) is 23.9. The molecule has 0 radical (unpaired) electrons. The Morgan fingerprint density at radius 2 is 2.06 bits per heavy atom. The van der Waals surface area contributed by atoms with Crippen LogP contribution in [0, 0.1) is 5.41 Å². The number of pyridine rings is 1. The molecule has 0 amide bonds. The highest BCUT2D eigenvalue weighted by atomic mass is 35.5. The molecule has 1 aliphatic heterocycles.